The SMILES string of the molecule is Cc1ccc(C/C=N/NC(N)=S)cc1. The Kier molecular flexibility index (Phi) is 4.07. The maximum atomic E-state index is 5.20. The van der Waals surface area contributed by atoms with E-state index in [4.69, 9.17) is 5.73 Å². The van der Waals surface area contributed by atoms with Crippen molar-refractivity contribution in [2.45, 2.75) is 13.3 Å². The second kappa shape index (κ2) is 5.34. The van der Waals surface area contributed by atoms with Gasteiger partial charge in [0.1, 0.15) is 0 Å². The van der Waals surface area contributed by atoms with Gasteiger partial charge in [0, 0.05) is 12.6 Å². The molecule has 0 unspecified atom stereocenters. The largest absolute Gasteiger partial charge is 0.375 e. The maximum Gasteiger partial charge on any atom is 0.184 e. The second-order valence-corrected chi connectivity index (χ2v) is 3.42. The van der Waals surface area contributed by atoms with Crippen LogP contribution in [-0.4, -0.2) is 11.3 Å². The van der Waals surface area contributed by atoms with Crippen molar-refractivity contribution in [3.8, 4) is 0 Å². The summed E-state index contributed by atoms with van der Waals surface area (Å²) in [4.78, 5) is 0. The minimum absolute atomic E-state index is 0.185. The summed E-state index contributed by atoms with van der Waals surface area (Å²) >= 11 is 4.60. The van der Waals surface area contributed by atoms with Gasteiger partial charge in [0.2, 0.25) is 0 Å². The van der Waals surface area contributed by atoms with Gasteiger partial charge >= 0.3 is 0 Å². The number of nitrogens with zero attached hydrogens (tertiary/aromatic N) is 1. The number of hydrazone groups is 1. The van der Waals surface area contributed by atoms with Gasteiger partial charge < -0.3 is 5.73 Å². The maximum absolute atomic E-state index is 5.20. The molecule has 0 saturated carbocycles. The van der Waals surface area contributed by atoms with E-state index in [-0.39, 0.29) is 5.11 Å². The van der Waals surface area contributed by atoms with Gasteiger partial charge in [-0.15, -0.1) is 0 Å². The van der Waals surface area contributed by atoms with E-state index >= 15 is 0 Å². The van der Waals surface area contributed by atoms with Crippen LogP contribution in [0.3, 0.4) is 0 Å². The molecule has 0 saturated heterocycles. The van der Waals surface area contributed by atoms with Gasteiger partial charge in [-0.05, 0) is 24.7 Å². The van der Waals surface area contributed by atoms with Gasteiger partial charge in [-0.3, -0.25) is 5.43 Å². The Bertz CT molecular complexity index is 330. The number of nitrogens with one attached hydrogen (secondary N) is 1. The third-order valence-electron chi connectivity index (χ3n) is 1.71. The Morgan fingerprint density at radius 2 is 2.14 bits per heavy atom. The van der Waals surface area contributed by atoms with Crippen molar-refractivity contribution in [3.63, 3.8) is 0 Å². The first kappa shape index (κ1) is 10.7. The molecule has 0 amide bonds. The lowest BCUT2D eigenvalue weighted by molar-refractivity contribution is 1.03. The third kappa shape index (κ3) is 4.00. The molecule has 3 N–H and O–H groups in total. The molecular weight excluding hydrogens is 194 g/mol. The Labute approximate surface area is 89.0 Å². The lowest BCUT2D eigenvalue weighted by Crippen LogP contribution is -2.24. The monoisotopic (exact) mass is 207 g/mol. The number of thiocarbonyl (C=S) groups is 1. The molecule has 1 aromatic carbocycles. The smallest absolute Gasteiger partial charge is 0.184 e. The zero-order chi connectivity index (χ0) is 10.4. The fourth-order valence-electron chi connectivity index (χ4n) is 0.984. The summed E-state index contributed by atoms with van der Waals surface area (Å²) in [6, 6.07) is 8.29. The fourth-order valence-corrected chi connectivity index (χ4v) is 1.04. The highest BCUT2D eigenvalue weighted by Gasteiger charge is 1.88. The van der Waals surface area contributed by atoms with E-state index in [2.05, 4.69) is 53.9 Å². The van der Waals surface area contributed by atoms with Crippen molar-refractivity contribution >= 4 is 23.5 Å². The highest BCUT2D eigenvalue weighted by atomic mass is 32.1. The van der Waals surface area contributed by atoms with Crippen molar-refractivity contribution in [1.82, 2.24) is 5.43 Å². The summed E-state index contributed by atoms with van der Waals surface area (Å²) < 4.78 is 0. The van der Waals surface area contributed by atoms with Gasteiger partial charge in [0.15, 0.2) is 5.11 Å². The van der Waals surface area contributed by atoms with Crippen LogP contribution in [0.1, 0.15) is 11.1 Å². The zero-order valence-corrected chi connectivity index (χ0v) is 8.84. The molecular formula is C10H13N3S. The first-order chi connectivity index (χ1) is 6.68. The van der Waals surface area contributed by atoms with E-state index < -0.39 is 0 Å². The average Bonchev–Trinajstić information content (AvgIpc) is 2.15. The summed E-state index contributed by atoms with van der Waals surface area (Å²) in [5, 5.41) is 4.03. The molecule has 0 heterocycles. The van der Waals surface area contributed by atoms with E-state index in [0.29, 0.717) is 0 Å². The molecule has 14 heavy (non-hydrogen) atoms. The summed E-state index contributed by atoms with van der Waals surface area (Å²) in [7, 11) is 0. The standard InChI is InChI=1S/C10H13N3S/c1-8-2-4-9(5-3-8)6-7-12-13-10(11)14/h2-5,7H,6H2,1H3,(H3,11,13,14)/b12-7+. The first-order valence-electron chi connectivity index (χ1n) is 4.31. The Morgan fingerprint density at radius 1 is 1.50 bits per heavy atom. The zero-order valence-electron chi connectivity index (χ0n) is 8.03. The lowest BCUT2D eigenvalue weighted by Gasteiger charge is -1.97. The topological polar surface area (TPSA) is 50.4 Å². The summed E-state index contributed by atoms with van der Waals surface area (Å²) in [6.07, 6.45) is 2.51. The summed E-state index contributed by atoms with van der Waals surface area (Å²) in [6.45, 7) is 2.06. The van der Waals surface area contributed by atoms with Crippen LogP contribution >= 0.6 is 12.2 Å². The van der Waals surface area contributed by atoms with E-state index in [1.807, 2.05) is 0 Å². The van der Waals surface area contributed by atoms with Crippen LogP contribution < -0.4 is 11.2 Å². The number of hydrogen-bond acceptors (Lipinski definition) is 2. The second-order valence-electron chi connectivity index (χ2n) is 2.98. The highest BCUT2D eigenvalue weighted by molar-refractivity contribution is 7.80. The van der Waals surface area contributed by atoms with Crippen LogP contribution in [0.4, 0.5) is 0 Å². The molecule has 0 atom stereocenters. The molecule has 0 fully saturated rings. The normalized spacial score (nSPS) is 10.4. The van der Waals surface area contributed by atoms with Crippen molar-refractivity contribution < 1.29 is 0 Å². The molecule has 0 aromatic heterocycles. The number of rotatable bonds is 3. The van der Waals surface area contributed by atoms with E-state index in [1.54, 1.807) is 6.21 Å². The van der Waals surface area contributed by atoms with Gasteiger partial charge in [-0.1, -0.05) is 29.8 Å². The van der Waals surface area contributed by atoms with Crippen molar-refractivity contribution in [3.05, 3.63) is 35.4 Å². The van der Waals surface area contributed by atoms with Gasteiger partial charge in [0.05, 0.1) is 0 Å². The molecule has 4 heteroatoms. The van der Waals surface area contributed by atoms with E-state index in [0.717, 1.165) is 6.42 Å². The quantitative estimate of drug-likeness (QED) is 0.447. The van der Waals surface area contributed by atoms with Crippen molar-refractivity contribution in [1.29, 1.82) is 0 Å². The van der Waals surface area contributed by atoms with Crippen LogP contribution in [0.2, 0.25) is 0 Å². The van der Waals surface area contributed by atoms with Crippen LogP contribution in [0.5, 0.6) is 0 Å². The average molecular weight is 207 g/mol. The van der Waals surface area contributed by atoms with E-state index in [1.165, 1.54) is 11.1 Å². The number of nitrogens with two attached hydrogens (primary N) is 1. The van der Waals surface area contributed by atoms with Crippen molar-refractivity contribution in [2.75, 3.05) is 0 Å². The molecule has 0 radical (unpaired) electrons. The van der Waals surface area contributed by atoms with Crippen LogP contribution in [0.25, 0.3) is 0 Å². The molecule has 1 aromatic rings. The minimum atomic E-state index is 0.185. The van der Waals surface area contributed by atoms with Gasteiger partial charge in [0.25, 0.3) is 0 Å². The molecule has 3 nitrogen and oxygen atoms in total. The summed E-state index contributed by atoms with van der Waals surface area (Å²) in [5.74, 6) is 0. The molecule has 1 rings (SSSR count). The van der Waals surface area contributed by atoms with Crippen LogP contribution in [-0.2, 0) is 6.42 Å². The number of benzene rings is 1. The van der Waals surface area contributed by atoms with E-state index in [9.17, 15) is 0 Å². The van der Waals surface area contributed by atoms with Crippen LogP contribution in [0.15, 0.2) is 29.4 Å². The Balaban J connectivity index is 2.42. The molecule has 0 aliphatic rings. The van der Waals surface area contributed by atoms with Crippen LogP contribution in [0, 0.1) is 6.92 Å². The Hall–Kier alpha value is -1.42. The molecule has 74 valence electrons. The first-order valence-corrected chi connectivity index (χ1v) is 4.72. The number of aryl methyl sites for hydroxylation is 1. The van der Waals surface area contributed by atoms with Gasteiger partial charge in [-0.25, -0.2) is 0 Å². The predicted molar refractivity (Wildman–Crippen MR) is 63.3 cm³/mol. The number of hydrogen-bond donors (Lipinski definition) is 2. The lowest BCUT2D eigenvalue weighted by atomic mass is 10.1. The molecule has 0 bridgehead atoms. The third-order valence-corrected chi connectivity index (χ3v) is 1.80. The molecule has 0 aliphatic carbocycles. The fraction of sp³-hybridized carbons (Fsp3) is 0.200. The predicted octanol–water partition coefficient (Wildman–Crippen LogP) is 1.36. The van der Waals surface area contributed by atoms with Crippen molar-refractivity contribution in [2.24, 2.45) is 10.8 Å². The Morgan fingerprint density at radius 3 is 2.71 bits per heavy atom. The molecule has 0 aliphatic heterocycles. The molecule has 0 spiro atoms. The highest BCUT2D eigenvalue weighted by Crippen LogP contribution is 2.02. The minimum Gasteiger partial charge on any atom is -0.375 e. The van der Waals surface area contributed by atoms with Gasteiger partial charge in [-0.2, -0.15) is 5.10 Å². The summed E-state index contributed by atoms with van der Waals surface area (Å²) in [5.41, 5.74) is 10.2.